The van der Waals surface area contributed by atoms with Crippen LogP contribution in [0.25, 0.3) is 16.5 Å². The number of piperidine rings is 1. The van der Waals surface area contributed by atoms with E-state index in [2.05, 4.69) is 20.3 Å². The Bertz CT molecular complexity index is 1120. The van der Waals surface area contributed by atoms with Gasteiger partial charge in [0.15, 0.2) is 0 Å². The molecule has 1 aliphatic carbocycles. The van der Waals surface area contributed by atoms with Crippen LogP contribution >= 0.6 is 11.3 Å². The number of methoxy groups -OCH3 is 1. The molecule has 5 rings (SSSR count). The third-order valence-electron chi connectivity index (χ3n) is 7.39. The Morgan fingerprint density at radius 1 is 1.14 bits per heavy atom. The van der Waals surface area contributed by atoms with Crippen LogP contribution < -0.4 is 5.32 Å². The first-order valence-electron chi connectivity index (χ1n) is 12.7. The van der Waals surface area contributed by atoms with Crippen molar-refractivity contribution in [2.45, 2.75) is 63.5 Å². The number of aromatic nitrogens is 4. The van der Waals surface area contributed by atoms with Crippen LogP contribution in [0.1, 0.15) is 67.4 Å². The second-order valence-corrected chi connectivity index (χ2v) is 10.5. The van der Waals surface area contributed by atoms with Crippen molar-refractivity contribution < 1.29 is 9.53 Å². The molecule has 9 heteroatoms. The summed E-state index contributed by atoms with van der Waals surface area (Å²) < 4.78 is 7.07. The summed E-state index contributed by atoms with van der Waals surface area (Å²) in [4.78, 5) is 26.3. The van der Waals surface area contributed by atoms with Gasteiger partial charge in [0.2, 0.25) is 0 Å². The number of ether oxygens (including phenoxy) is 1. The zero-order chi connectivity index (χ0) is 24.1. The summed E-state index contributed by atoms with van der Waals surface area (Å²) in [5, 5.41) is 9.79. The number of rotatable bonds is 8. The van der Waals surface area contributed by atoms with E-state index in [0.717, 1.165) is 36.5 Å². The first kappa shape index (κ1) is 24.1. The largest absolute Gasteiger partial charge is 0.378 e. The van der Waals surface area contributed by atoms with Crippen LogP contribution in [0.15, 0.2) is 36.0 Å². The number of nitrogens with zero attached hydrogens (tertiary/aromatic N) is 5. The van der Waals surface area contributed by atoms with Crippen LogP contribution in [0.2, 0.25) is 0 Å². The number of hydrogen-bond acceptors (Lipinski definition) is 7. The van der Waals surface area contributed by atoms with Crippen molar-refractivity contribution in [2.24, 2.45) is 0 Å². The first-order chi connectivity index (χ1) is 17.2. The maximum atomic E-state index is 13.4. The van der Waals surface area contributed by atoms with E-state index in [4.69, 9.17) is 9.72 Å². The molecular weight excluding hydrogens is 460 g/mol. The summed E-state index contributed by atoms with van der Waals surface area (Å²) in [5.41, 5.74) is 2.07. The SMILES string of the molecule is COCc1c(C(=O)NCC2(N3CCCCC3)CCCCC2)cnn1-c1nccc(-c2cccs2)n1. The molecule has 2 aliphatic rings. The van der Waals surface area contributed by atoms with Gasteiger partial charge in [-0.2, -0.15) is 9.78 Å². The third-order valence-corrected chi connectivity index (χ3v) is 8.28. The Hall–Kier alpha value is -2.62. The van der Waals surface area contributed by atoms with E-state index < -0.39 is 0 Å². The molecule has 1 aliphatic heterocycles. The van der Waals surface area contributed by atoms with Gasteiger partial charge in [0.05, 0.1) is 34.6 Å². The average molecular weight is 495 g/mol. The van der Waals surface area contributed by atoms with Crippen molar-refractivity contribution in [1.82, 2.24) is 30.0 Å². The monoisotopic (exact) mass is 494 g/mol. The summed E-state index contributed by atoms with van der Waals surface area (Å²) >= 11 is 1.62. The molecule has 8 nitrogen and oxygen atoms in total. The number of carbonyl (C=O) groups is 1. The molecule has 0 radical (unpaired) electrons. The lowest BCUT2D eigenvalue weighted by Gasteiger charge is -2.48. The average Bonchev–Trinajstić information content (AvgIpc) is 3.60. The van der Waals surface area contributed by atoms with Crippen molar-refractivity contribution in [3.8, 4) is 16.5 Å². The Morgan fingerprint density at radius 3 is 2.69 bits per heavy atom. The standard InChI is InChI=1S/C26H34N6O2S/c1-34-18-22-20(17-29-32(22)25-27-13-10-21(30-25)23-9-8-16-35-23)24(33)28-19-26(11-4-2-5-12-26)31-14-6-3-7-15-31/h8-10,13,16-17H,2-7,11-12,14-15,18-19H2,1H3,(H,28,33). The highest BCUT2D eigenvalue weighted by atomic mass is 32.1. The van der Waals surface area contributed by atoms with Gasteiger partial charge in [0, 0.05) is 25.4 Å². The molecule has 3 aromatic heterocycles. The van der Waals surface area contributed by atoms with Gasteiger partial charge in [0.1, 0.15) is 0 Å². The highest BCUT2D eigenvalue weighted by molar-refractivity contribution is 7.13. The van der Waals surface area contributed by atoms with E-state index >= 15 is 0 Å². The Balaban J connectivity index is 1.37. The van der Waals surface area contributed by atoms with E-state index in [1.54, 1.807) is 35.5 Å². The number of carbonyl (C=O) groups excluding carboxylic acids is 1. The molecule has 0 bridgehead atoms. The molecule has 1 saturated heterocycles. The summed E-state index contributed by atoms with van der Waals surface area (Å²) in [7, 11) is 1.62. The van der Waals surface area contributed by atoms with Gasteiger partial charge < -0.3 is 10.1 Å². The zero-order valence-electron chi connectivity index (χ0n) is 20.4. The fourth-order valence-electron chi connectivity index (χ4n) is 5.55. The first-order valence-corrected chi connectivity index (χ1v) is 13.5. The number of amides is 1. The van der Waals surface area contributed by atoms with Gasteiger partial charge >= 0.3 is 0 Å². The van der Waals surface area contributed by atoms with E-state index in [-0.39, 0.29) is 18.1 Å². The minimum Gasteiger partial charge on any atom is -0.378 e. The van der Waals surface area contributed by atoms with Crippen molar-refractivity contribution >= 4 is 17.2 Å². The highest BCUT2D eigenvalue weighted by Gasteiger charge is 2.38. The minimum absolute atomic E-state index is 0.0733. The van der Waals surface area contributed by atoms with Crippen molar-refractivity contribution in [1.29, 1.82) is 0 Å². The van der Waals surface area contributed by atoms with Crippen LogP contribution in [0.5, 0.6) is 0 Å². The summed E-state index contributed by atoms with van der Waals surface area (Å²) in [5.74, 6) is 0.318. The predicted octanol–water partition coefficient (Wildman–Crippen LogP) is 4.46. The molecule has 0 spiro atoms. The van der Waals surface area contributed by atoms with E-state index in [0.29, 0.717) is 23.8 Å². The van der Waals surface area contributed by atoms with Crippen LogP contribution in [0.3, 0.4) is 0 Å². The molecule has 1 amide bonds. The van der Waals surface area contributed by atoms with Crippen LogP contribution in [-0.2, 0) is 11.3 Å². The lowest BCUT2D eigenvalue weighted by molar-refractivity contribution is 0.0326. The minimum atomic E-state index is -0.111. The highest BCUT2D eigenvalue weighted by Crippen LogP contribution is 2.35. The molecule has 2 fully saturated rings. The molecule has 0 atom stereocenters. The Labute approximate surface area is 210 Å². The molecular formula is C26H34N6O2S. The number of nitrogens with one attached hydrogen (secondary N) is 1. The molecule has 4 heterocycles. The summed E-state index contributed by atoms with van der Waals surface area (Å²) in [6.45, 7) is 3.20. The normalized spacial score (nSPS) is 18.4. The van der Waals surface area contributed by atoms with Crippen LogP contribution in [0, 0.1) is 0 Å². The van der Waals surface area contributed by atoms with Gasteiger partial charge in [-0.1, -0.05) is 31.7 Å². The quantitative estimate of drug-likeness (QED) is 0.498. The lowest BCUT2D eigenvalue weighted by Crippen LogP contribution is -2.58. The van der Waals surface area contributed by atoms with Gasteiger partial charge in [-0.25, -0.2) is 9.97 Å². The second-order valence-electron chi connectivity index (χ2n) is 9.58. The van der Waals surface area contributed by atoms with E-state index in [9.17, 15) is 4.79 Å². The fraction of sp³-hybridized carbons (Fsp3) is 0.538. The van der Waals surface area contributed by atoms with E-state index in [1.165, 1.54) is 38.5 Å². The van der Waals surface area contributed by atoms with Crippen molar-refractivity contribution in [3.63, 3.8) is 0 Å². The second kappa shape index (κ2) is 11.0. The molecule has 1 saturated carbocycles. The third kappa shape index (κ3) is 5.17. The molecule has 1 N–H and O–H groups in total. The van der Waals surface area contributed by atoms with Crippen molar-refractivity contribution in [3.05, 3.63) is 47.2 Å². The lowest BCUT2D eigenvalue weighted by atomic mass is 9.79. The summed E-state index contributed by atoms with van der Waals surface area (Å²) in [6.07, 6.45) is 13.2. The van der Waals surface area contributed by atoms with Gasteiger partial charge in [0.25, 0.3) is 11.9 Å². The molecule has 0 unspecified atom stereocenters. The Kier molecular flexibility index (Phi) is 7.55. The number of thiophene rings is 1. The van der Waals surface area contributed by atoms with Gasteiger partial charge in [-0.15, -0.1) is 11.3 Å². The van der Waals surface area contributed by atoms with Crippen LogP contribution in [0.4, 0.5) is 0 Å². The van der Waals surface area contributed by atoms with Gasteiger partial charge in [-0.3, -0.25) is 9.69 Å². The topological polar surface area (TPSA) is 85.2 Å². The number of hydrogen-bond donors (Lipinski definition) is 1. The van der Waals surface area contributed by atoms with Gasteiger partial charge in [-0.05, 0) is 56.3 Å². The Morgan fingerprint density at radius 2 is 1.94 bits per heavy atom. The maximum absolute atomic E-state index is 13.4. The smallest absolute Gasteiger partial charge is 0.254 e. The molecule has 186 valence electrons. The molecule has 3 aromatic rings. The molecule has 35 heavy (non-hydrogen) atoms. The predicted molar refractivity (Wildman–Crippen MR) is 137 cm³/mol. The summed E-state index contributed by atoms with van der Waals surface area (Å²) in [6, 6.07) is 5.91. The fourth-order valence-corrected chi connectivity index (χ4v) is 6.24. The maximum Gasteiger partial charge on any atom is 0.254 e. The van der Waals surface area contributed by atoms with E-state index in [1.807, 2.05) is 23.6 Å². The number of likely N-dealkylation sites (tertiary alicyclic amines) is 1. The zero-order valence-corrected chi connectivity index (χ0v) is 21.2. The molecule has 0 aromatic carbocycles. The van der Waals surface area contributed by atoms with Crippen LogP contribution in [-0.4, -0.2) is 62.8 Å². The van der Waals surface area contributed by atoms with Crippen molar-refractivity contribution in [2.75, 3.05) is 26.7 Å².